The van der Waals surface area contributed by atoms with Crippen LogP contribution in [0.25, 0.3) is 0 Å². The number of halogens is 6. The minimum Gasteiger partial charge on any atom is -0.330 e. The van der Waals surface area contributed by atoms with Crippen LogP contribution in [0.3, 0.4) is 0 Å². The van der Waals surface area contributed by atoms with Gasteiger partial charge in [-0.25, -0.2) is 0 Å². The molecule has 4 aliphatic rings. The van der Waals surface area contributed by atoms with E-state index in [2.05, 4.69) is 6.92 Å². The van der Waals surface area contributed by atoms with E-state index in [1.54, 1.807) is 6.92 Å². The molecular weight excluding hydrogens is 510 g/mol. The van der Waals surface area contributed by atoms with Gasteiger partial charge in [0, 0.05) is 12.3 Å². The average molecular weight is 543 g/mol. The van der Waals surface area contributed by atoms with Crippen molar-refractivity contribution in [3.05, 3.63) is 35.9 Å². The molecule has 1 aromatic rings. The Morgan fingerprint density at radius 3 is 2.24 bits per heavy atom. The molecule has 3 fully saturated rings. The number of alkyl halides is 6. The third-order valence-electron chi connectivity index (χ3n) is 10.2. The van der Waals surface area contributed by atoms with Crippen molar-refractivity contribution in [1.82, 2.24) is 5.32 Å². The minimum absolute atomic E-state index is 0.115. The first-order valence-electron chi connectivity index (χ1n) is 13.3. The molecule has 6 atom stereocenters. The van der Waals surface area contributed by atoms with E-state index in [0.717, 1.165) is 44.2 Å². The number of rotatable bonds is 3. The molecule has 208 valence electrons. The molecule has 1 heterocycles. The average Bonchev–Trinajstić information content (AvgIpc) is 3.24. The quantitative estimate of drug-likeness (QED) is 0.355. The number of carbonyl (C=O) groups is 2. The molecule has 0 aromatic heterocycles. The molecule has 1 N–H and O–H groups in total. The molecule has 1 amide bonds. The van der Waals surface area contributed by atoms with E-state index in [9.17, 15) is 35.9 Å². The van der Waals surface area contributed by atoms with E-state index in [4.69, 9.17) is 4.99 Å². The van der Waals surface area contributed by atoms with Crippen molar-refractivity contribution >= 4 is 17.4 Å². The highest BCUT2D eigenvalue weighted by Gasteiger charge is 2.73. The molecule has 4 nitrogen and oxygen atoms in total. The Hall–Kier alpha value is -2.39. The fourth-order valence-electron chi connectivity index (χ4n) is 8.20. The van der Waals surface area contributed by atoms with Crippen molar-refractivity contribution in [2.75, 3.05) is 6.54 Å². The molecule has 3 saturated carbocycles. The van der Waals surface area contributed by atoms with Gasteiger partial charge >= 0.3 is 12.4 Å². The van der Waals surface area contributed by atoms with Gasteiger partial charge in [-0.15, -0.1) is 0 Å². The first-order chi connectivity index (χ1) is 17.7. The summed E-state index contributed by atoms with van der Waals surface area (Å²) in [6.07, 6.45) is -6.92. The lowest BCUT2D eigenvalue weighted by Crippen LogP contribution is -2.67. The number of amides is 1. The predicted molar refractivity (Wildman–Crippen MR) is 128 cm³/mol. The summed E-state index contributed by atoms with van der Waals surface area (Å²) in [5, 5.41) is 1.31. The zero-order valence-corrected chi connectivity index (χ0v) is 21.4. The first kappa shape index (κ1) is 27.2. The molecule has 1 aliphatic heterocycles. The maximum atomic E-state index is 14.3. The summed E-state index contributed by atoms with van der Waals surface area (Å²) in [6.45, 7) is 4.55. The summed E-state index contributed by atoms with van der Waals surface area (Å²) in [7, 11) is 0. The second-order valence-electron chi connectivity index (χ2n) is 12.0. The van der Waals surface area contributed by atoms with Gasteiger partial charge in [0.15, 0.2) is 5.78 Å². The number of hydrogen-bond donors (Lipinski definition) is 1. The minimum atomic E-state index is -5.90. The van der Waals surface area contributed by atoms with Crippen LogP contribution in [0.1, 0.15) is 64.4 Å². The molecular formula is C28H32F6N2O2. The van der Waals surface area contributed by atoms with Crippen LogP contribution >= 0.6 is 0 Å². The second-order valence-corrected chi connectivity index (χ2v) is 12.0. The maximum Gasteiger partial charge on any atom is 0.424 e. The van der Waals surface area contributed by atoms with Crippen LogP contribution in [0.5, 0.6) is 0 Å². The highest BCUT2D eigenvalue weighted by Crippen LogP contribution is 2.62. The van der Waals surface area contributed by atoms with Crippen LogP contribution in [0, 0.1) is 34.5 Å². The third-order valence-corrected chi connectivity index (χ3v) is 10.2. The fourth-order valence-corrected chi connectivity index (χ4v) is 8.20. The molecule has 1 unspecified atom stereocenters. The Balaban J connectivity index is 1.49. The number of carbonyl (C=O) groups excluding carboxylic acids is 2. The van der Waals surface area contributed by atoms with Crippen molar-refractivity contribution in [2.24, 2.45) is 39.5 Å². The molecule has 0 radical (unpaired) electrons. The third kappa shape index (κ3) is 3.75. The molecule has 38 heavy (non-hydrogen) atoms. The monoisotopic (exact) mass is 542 g/mol. The standard InChI is InChI=1S/C28H32F6N2O2/c1-24-13-6-9-19(24)18-15-35-21-11-10-17(22(37)25(21,2)20(18)12-14-24)23(38)36-26(27(29,30)31,28(32,33)34)16-7-4-3-5-8-16/h3-5,7-8,17-20H,6,9-15H2,1-2H3,(H,36,38)/t17?,18-,19-,20+,24-,25+/m0/s1. The number of nitrogens with zero attached hydrogens (tertiary/aromatic N) is 1. The van der Waals surface area contributed by atoms with Gasteiger partial charge in [0.05, 0.1) is 11.3 Å². The van der Waals surface area contributed by atoms with Crippen molar-refractivity contribution in [3.8, 4) is 0 Å². The highest BCUT2D eigenvalue weighted by molar-refractivity contribution is 6.18. The van der Waals surface area contributed by atoms with Crippen LogP contribution in [0.4, 0.5) is 26.3 Å². The first-order valence-corrected chi connectivity index (χ1v) is 13.3. The number of benzene rings is 1. The molecule has 10 heteroatoms. The van der Waals surface area contributed by atoms with E-state index in [1.807, 2.05) is 0 Å². The predicted octanol–water partition coefficient (Wildman–Crippen LogP) is 6.40. The van der Waals surface area contributed by atoms with Crippen molar-refractivity contribution in [2.45, 2.75) is 76.7 Å². The molecule has 3 aliphatic carbocycles. The van der Waals surface area contributed by atoms with Gasteiger partial charge in [-0.1, -0.05) is 43.7 Å². The SMILES string of the molecule is C[C@@]12CCC[C@H]1[C@@H]1CN=C3CCC(C(=O)NC(c4ccccc4)(C(F)(F)F)C(F)(F)F)C(=O)[C@]3(C)[C@@H]1CC2. The normalized spacial score (nSPS) is 35.6. The van der Waals surface area contributed by atoms with Gasteiger partial charge in [-0.3, -0.25) is 14.6 Å². The van der Waals surface area contributed by atoms with Crippen LogP contribution in [-0.2, 0) is 15.1 Å². The summed E-state index contributed by atoms with van der Waals surface area (Å²) in [6, 6.07) is 4.75. The van der Waals surface area contributed by atoms with Crippen LogP contribution in [0.15, 0.2) is 35.3 Å². The fraction of sp³-hybridized carbons (Fsp3) is 0.679. The van der Waals surface area contributed by atoms with Crippen LogP contribution < -0.4 is 5.32 Å². The van der Waals surface area contributed by atoms with E-state index < -0.39 is 46.5 Å². The molecule has 5 rings (SSSR count). The summed E-state index contributed by atoms with van der Waals surface area (Å²) in [5.74, 6) is -3.42. The summed E-state index contributed by atoms with van der Waals surface area (Å²) in [5.41, 5.74) is -6.17. The van der Waals surface area contributed by atoms with E-state index in [-0.39, 0.29) is 30.1 Å². The smallest absolute Gasteiger partial charge is 0.330 e. The maximum absolute atomic E-state index is 14.3. The summed E-state index contributed by atoms with van der Waals surface area (Å²) >= 11 is 0. The van der Waals surface area contributed by atoms with Crippen LogP contribution in [0.2, 0.25) is 0 Å². The zero-order valence-electron chi connectivity index (χ0n) is 21.4. The van der Waals surface area contributed by atoms with Gasteiger partial charge in [0.25, 0.3) is 5.54 Å². The molecule has 0 saturated heterocycles. The van der Waals surface area contributed by atoms with E-state index in [1.165, 1.54) is 11.4 Å². The van der Waals surface area contributed by atoms with Crippen LogP contribution in [-0.4, -0.2) is 36.3 Å². The zero-order chi connectivity index (χ0) is 27.7. The molecule has 1 aromatic carbocycles. The number of Topliss-reactive ketones (excluding diaryl/α,β-unsaturated/α-hetero) is 1. The number of hydrogen-bond acceptors (Lipinski definition) is 3. The summed E-state index contributed by atoms with van der Waals surface area (Å²) in [4.78, 5) is 32.0. The number of fused-ring (bicyclic) bond motifs is 5. The molecule has 0 spiro atoms. The van der Waals surface area contributed by atoms with Crippen molar-refractivity contribution in [3.63, 3.8) is 0 Å². The van der Waals surface area contributed by atoms with Crippen molar-refractivity contribution < 1.29 is 35.9 Å². The van der Waals surface area contributed by atoms with Gasteiger partial charge in [0.2, 0.25) is 5.91 Å². The topological polar surface area (TPSA) is 58.5 Å². The number of nitrogens with one attached hydrogen (secondary N) is 1. The summed E-state index contributed by atoms with van der Waals surface area (Å²) < 4.78 is 85.6. The largest absolute Gasteiger partial charge is 0.424 e. The van der Waals surface area contributed by atoms with E-state index >= 15 is 0 Å². The van der Waals surface area contributed by atoms with Gasteiger partial charge in [-0.2, -0.15) is 26.3 Å². The lowest BCUT2D eigenvalue weighted by molar-refractivity contribution is -0.312. The Morgan fingerprint density at radius 2 is 1.61 bits per heavy atom. The van der Waals surface area contributed by atoms with Gasteiger partial charge in [-0.05, 0) is 74.2 Å². The van der Waals surface area contributed by atoms with Gasteiger partial charge in [0.1, 0.15) is 0 Å². The lowest BCUT2D eigenvalue weighted by Gasteiger charge is -2.55. The van der Waals surface area contributed by atoms with Crippen molar-refractivity contribution in [1.29, 1.82) is 0 Å². The number of aliphatic imine (C=N–C) groups is 1. The second kappa shape index (κ2) is 8.81. The lowest BCUT2D eigenvalue weighted by atomic mass is 9.49. The molecule has 0 bridgehead atoms. The number of ketones is 1. The van der Waals surface area contributed by atoms with Gasteiger partial charge < -0.3 is 5.32 Å². The Labute approximate surface area is 217 Å². The Kier molecular flexibility index (Phi) is 6.30. The van der Waals surface area contributed by atoms with E-state index in [0.29, 0.717) is 30.3 Å². The highest BCUT2D eigenvalue weighted by atomic mass is 19.4. The Bertz CT molecular complexity index is 1130. The Morgan fingerprint density at radius 1 is 0.947 bits per heavy atom.